The van der Waals surface area contributed by atoms with Crippen molar-refractivity contribution in [2.75, 3.05) is 5.32 Å². The van der Waals surface area contributed by atoms with Gasteiger partial charge in [-0.3, -0.25) is 0 Å². The van der Waals surface area contributed by atoms with Gasteiger partial charge in [0.05, 0.1) is 22.3 Å². The lowest BCUT2D eigenvalue weighted by atomic mass is 10.1. The van der Waals surface area contributed by atoms with Crippen LogP contribution in [-0.4, -0.2) is 21.1 Å². The van der Waals surface area contributed by atoms with Crippen molar-refractivity contribution in [3.63, 3.8) is 0 Å². The van der Waals surface area contributed by atoms with Gasteiger partial charge < -0.3 is 14.6 Å². The molecule has 3 heterocycles. The standard InChI is InChI=1S/C19H16N4O3S/c1-11-8-15(16-12(2)23-26-17(16)20-11)18(24)25-9-14-10-27-19(22-14)21-13-6-4-3-5-7-13/h3-8,10H,9H2,1-2H3,(H,21,22). The number of thiazole rings is 1. The zero-order valence-electron chi connectivity index (χ0n) is 14.7. The highest BCUT2D eigenvalue weighted by Crippen LogP contribution is 2.24. The highest BCUT2D eigenvalue weighted by molar-refractivity contribution is 7.13. The molecule has 3 aromatic heterocycles. The van der Waals surface area contributed by atoms with Gasteiger partial charge in [0.1, 0.15) is 6.61 Å². The molecule has 0 radical (unpaired) electrons. The van der Waals surface area contributed by atoms with Crippen molar-refractivity contribution in [2.24, 2.45) is 0 Å². The topological polar surface area (TPSA) is 90.1 Å². The molecule has 0 atom stereocenters. The molecule has 0 spiro atoms. The number of rotatable bonds is 5. The van der Waals surface area contributed by atoms with Gasteiger partial charge in [-0.25, -0.2) is 14.8 Å². The number of anilines is 2. The molecule has 0 amide bonds. The first kappa shape index (κ1) is 17.2. The van der Waals surface area contributed by atoms with E-state index in [0.717, 1.165) is 10.8 Å². The number of carbonyl (C=O) groups is 1. The Morgan fingerprint density at radius 1 is 1.22 bits per heavy atom. The number of nitrogens with one attached hydrogen (secondary N) is 1. The highest BCUT2D eigenvalue weighted by Gasteiger charge is 2.19. The van der Waals surface area contributed by atoms with E-state index in [9.17, 15) is 4.79 Å². The zero-order chi connectivity index (χ0) is 18.8. The number of para-hydroxylation sites is 1. The van der Waals surface area contributed by atoms with Crippen molar-refractivity contribution in [3.05, 3.63) is 64.4 Å². The van der Waals surface area contributed by atoms with Crippen LogP contribution in [0.25, 0.3) is 11.1 Å². The van der Waals surface area contributed by atoms with Crippen molar-refractivity contribution in [3.8, 4) is 0 Å². The van der Waals surface area contributed by atoms with E-state index in [1.165, 1.54) is 11.3 Å². The molecule has 0 saturated carbocycles. The van der Waals surface area contributed by atoms with Crippen molar-refractivity contribution in [1.29, 1.82) is 0 Å². The second-order valence-corrected chi connectivity index (χ2v) is 6.83. The summed E-state index contributed by atoms with van der Waals surface area (Å²) in [6, 6.07) is 11.4. The van der Waals surface area contributed by atoms with Crippen LogP contribution in [0, 0.1) is 13.8 Å². The average molecular weight is 380 g/mol. The molecule has 0 aliphatic carbocycles. The molecule has 7 nitrogen and oxygen atoms in total. The van der Waals surface area contributed by atoms with Crippen molar-refractivity contribution in [2.45, 2.75) is 20.5 Å². The number of ether oxygens (including phenoxy) is 1. The third-order valence-corrected chi connectivity index (χ3v) is 4.70. The Morgan fingerprint density at radius 2 is 2.04 bits per heavy atom. The third-order valence-electron chi connectivity index (χ3n) is 3.89. The number of esters is 1. The van der Waals surface area contributed by atoms with Crippen LogP contribution in [0.3, 0.4) is 0 Å². The molecule has 0 aliphatic heterocycles. The fraction of sp³-hybridized carbons (Fsp3) is 0.158. The number of fused-ring (bicyclic) bond motifs is 1. The molecule has 0 fully saturated rings. The smallest absolute Gasteiger partial charge is 0.339 e. The van der Waals surface area contributed by atoms with E-state index in [-0.39, 0.29) is 6.61 Å². The molecule has 0 saturated heterocycles. The number of aromatic nitrogens is 3. The van der Waals surface area contributed by atoms with E-state index in [2.05, 4.69) is 20.4 Å². The number of aryl methyl sites for hydroxylation is 2. The predicted octanol–water partition coefficient (Wildman–Crippen LogP) is 4.40. The summed E-state index contributed by atoms with van der Waals surface area (Å²) in [5, 5.41) is 10.3. The molecule has 1 aromatic carbocycles. The highest BCUT2D eigenvalue weighted by atomic mass is 32.1. The predicted molar refractivity (Wildman–Crippen MR) is 102 cm³/mol. The molecule has 8 heteroatoms. The van der Waals surface area contributed by atoms with Crippen LogP contribution in [0.5, 0.6) is 0 Å². The zero-order valence-corrected chi connectivity index (χ0v) is 15.5. The van der Waals surface area contributed by atoms with Gasteiger partial charge in [0.15, 0.2) is 5.13 Å². The van der Waals surface area contributed by atoms with Crippen LogP contribution in [0.2, 0.25) is 0 Å². The quantitative estimate of drug-likeness (QED) is 0.513. The van der Waals surface area contributed by atoms with E-state index < -0.39 is 5.97 Å². The first-order chi connectivity index (χ1) is 13.1. The lowest BCUT2D eigenvalue weighted by molar-refractivity contribution is 0.0470. The molecular formula is C19H16N4O3S. The Kier molecular flexibility index (Phi) is 4.55. The van der Waals surface area contributed by atoms with Gasteiger partial charge in [-0.2, -0.15) is 0 Å². The molecule has 27 heavy (non-hydrogen) atoms. The van der Waals surface area contributed by atoms with Gasteiger partial charge in [0, 0.05) is 16.8 Å². The summed E-state index contributed by atoms with van der Waals surface area (Å²) in [4.78, 5) is 21.3. The summed E-state index contributed by atoms with van der Waals surface area (Å²) in [6.45, 7) is 3.64. The Morgan fingerprint density at radius 3 is 2.85 bits per heavy atom. The molecule has 0 bridgehead atoms. The molecular weight excluding hydrogens is 364 g/mol. The Bertz CT molecular complexity index is 1100. The largest absolute Gasteiger partial charge is 0.456 e. The average Bonchev–Trinajstić information content (AvgIpc) is 3.26. The summed E-state index contributed by atoms with van der Waals surface area (Å²) < 4.78 is 10.6. The first-order valence-electron chi connectivity index (χ1n) is 8.27. The molecule has 0 aliphatic rings. The summed E-state index contributed by atoms with van der Waals surface area (Å²) in [7, 11) is 0. The molecule has 4 aromatic rings. The number of carbonyl (C=O) groups excluding carboxylic acids is 1. The van der Waals surface area contributed by atoms with Gasteiger partial charge in [0.25, 0.3) is 5.71 Å². The lowest BCUT2D eigenvalue weighted by Crippen LogP contribution is -2.07. The van der Waals surface area contributed by atoms with Crippen molar-refractivity contribution < 1.29 is 14.1 Å². The van der Waals surface area contributed by atoms with Gasteiger partial charge in [-0.15, -0.1) is 11.3 Å². The number of pyridine rings is 1. The number of hydrogen-bond acceptors (Lipinski definition) is 8. The van der Waals surface area contributed by atoms with Crippen LogP contribution >= 0.6 is 11.3 Å². The fourth-order valence-corrected chi connectivity index (χ4v) is 3.39. The van der Waals surface area contributed by atoms with Gasteiger partial charge in [-0.1, -0.05) is 23.4 Å². The van der Waals surface area contributed by atoms with E-state index in [4.69, 9.17) is 9.26 Å². The van der Waals surface area contributed by atoms with Gasteiger partial charge in [0.2, 0.25) is 0 Å². The minimum Gasteiger partial charge on any atom is -0.456 e. The van der Waals surface area contributed by atoms with E-state index in [1.54, 1.807) is 19.9 Å². The van der Waals surface area contributed by atoms with Crippen LogP contribution in [-0.2, 0) is 11.3 Å². The van der Waals surface area contributed by atoms with E-state index in [1.807, 2.05) is 35.7 Å². The summed E-state index contributed by atoms with van der Waals surface area (Å²) >= 11 is 1.45. The molecule has 0 unspecified atom stereocenters. The Balaban J connectivity index is 1.47. The van der Waals surface area contributed by atoms with Crippen LogP contribution in [0.15, 0.2) is 46.3 Å². The molecule has 136 valence electrons. The number of nitrogens with zero attached hydrogens (tertiary/aromatic N) is 3. The Hall–Kier alpha value is -3.26. The maximum absolute atomic E-state index is 12.6. The molecule has 1 N–H and O–H groups in total. The number of hydrogen-bond donors (Lipinski definition) is 1. The normalized spacial score (nSPS) is 10.9. The fourth-order valence-electron chi connectivity index (χ4n) is 2.67. The SMILES string of the molecule is Cc1cc(C(=O)OCc2csc(Nc3ccccc3)n2)c2c(C)noc2n1. The van der Waals surface area contributed by atoms with Crippen molar-refractivity contribution in [1.82, 2.24) is 15.1 Å². The lowest BCUT2D eigenvalue weighted by Gasteiger charge is -2.05. The maximum atomic E-state index is 12.6. The van der Waals surface area contributed by atoms with Crippen LogP contribution in [0.4, 0.5) is 10.8 Å². The maximum Gasteiger partial charge on any atom is 0.339 e. The summed E-state index contributed by atoms with van der Waals surface area (Å²) in [6.07, 6.45) is 0. The van der Waals surface area contributed by atoms with Crippen LogP contribution in [0.1, 0.15) is 27.4 Å². The van der Waals surface area contributed by atoms with E-state index in [0.29, 0.717) is 33.7 Å². The van der Waals surface area contributed by atoms with Crippen LogP contribution < -0.4 is 5.32 Å². The van der Waals surface area contributed by atoms with Gasteiger partial charge >= 0.3 is 5.97 Å². The molecule has 4 rings (SSSR count). The first-order valence-corrected chi connectivity index (χ1v) is 9.15. The summed E-state index contributed by atoms with van der Waals surface area (Å²) in [5.74, 6) is -0.456. The Labute approximate surface area is 159 Å². The van der Waals surface area contributed by atoms with Crippen molar-refractivity contribution >= 4 is 39.2 Å². The second-order valence-electron chi connectivity index (χ2n) is 5.97. The number of benzene rings is 1. The summed E-state index contributed by atoms with van der Waals surface area (Å²) in [5.41, 5.74) is 3.63. The minimum atomic E-state index is -0.456. The monoisotopic (exact) mass is 380 g/mol. The second kappa shape index (κ2) is 7.16. The van der Waals surface area contributed by atoms with Gasteiger partial charge in [-0.05, 0) is 32.0 Å². The third kappa shape index (κ3) is 3.65. The minimum absolute atomic E-state index is 0.0823. The van der Waals surface area contributed by atoms with E-state index >= 15 is 0 Å².